The monoisotopic (exact) mass is 246 g/mol. The molecule has 1 aromatic heterocycles. The van der Waals surface area contributed by atoms with Crippen LogP contribution in [0.3, 0.4) is 0 Å². The number of aromatic nitrogens is 2. The average Bonchev–Trinajstić information content (AvgIpc) is 2.70. The summed E-state index contributed by atoms with van der Waals surface area (Å²) in [6, 6.07) is -0.302. The summed E-state index contributed by atoms with van der Waals surface area (Å²) in [4.78, 5) is 0. The van der Waals surface area contributed by atoms with E-state index in [4.69, 9.17) is 5.73 Å². The molecular weight excluding hydrogens is 228 g/mol. The summed E-state index contributed by atoms with van der Waals surface area (Å²) < 4.78 is 26.3. The second-order valence-corrected chi connectivity index (χ2v) is 5.67. The maximum absolute atomic E-state index is 11.9. The van der Waals surface area contributed by atoms with Crippen molar-refractivity contribution in [3.63, 3.8) is 0 Å². The van der Waals surface area contributed by atoms with E-state index in [1.165, 1.54) is 0 Å². The fourth-order valence-electron chi connectivity index (χ4n) is 1.42. The first-order chi connectivity index (χ1) is 7.51. The number of aromatic amines is 1. The van der Waals surface area contributed by atoms with Crippen molar-refractivity contribution >= 4 is 10.0 Å². The van der Waals surface area contributed by atoms with Crippen LogP contribution in [0.1, 0.15) is 31.9 Å². The molecule has 6 nitrogen and oxygen atoms in total. The van der Waals surface area contributed by atoms with Crippen LogP contribution in [-0.4, -0.2) is 30.4 Å². The largest absolute Gasteiger partial charge is 0.329 e. The van der Waals surface area contributed by atoms with Crippen molar-refractivity contribution in [2.75, 3.05) is 6.54 Å². The van der Waals surface area contributed by atoms with Gasteiger partial charge in [-0.3, -0.25) is 5.10 Å². The lowest BCUT2D eigenvalue weighted by atomic mass is 10.2. The van der Waals surface area contributed by atoms with Gasteiger partial charge in [0.05, 0.1) is 11.4 Å². The van der Waals surface area contributed by atoms with Crippen LogP contribution in [-0.2, 0) is 10.0 Å². The van der Waals surface area contributed by atoms with Crippen molar-refractivity contribution < 1.29 is 8.42 Å². The number of H-pyrrole nitrogens is 1. The van der Waals surface area contributed by atoms with Gasteiger partial charge in [0, 0.05) is 24.3 Å². The molecule has 0 aliphatic rings. The van der Waals surface area contributed by atoms with E-state index < -0.39 is 15.3 Å². The molecule has 0 aliphatic carbocycles. The summed E-state index contributed by atoms with van der Waals surface area (Å²) in [6.45, 7) is 3.70. The SMILES string of the molecule is CCC(CN)S(=O)(=O)NC(C)c1cn[nH]c1. The molecule has 1 rings (SSSR count). The van der Waals surface area contributed by atoms with Gasteiger partial charge in [0.2, 0.25) is 10.0 Å². The molecule has 0 saturated carbocycles. The smallest absolute Gasteiger partial charge is 0.216 e. The first-order valence-corrected chi connectivity index (χ1v) is 6.75. The van der Waals surface area contributed by atoms with Crippen molar-refractivity contribution in [3.05, 3.63) is 18.0 Å². The van der Waals surface area contributed by atoms with Crippen LogP contribution in [0, 0.1) is 0 Å². The molecule has 0 aliphatic heterocycles. The highest BCUT2D eigenvalue weighted by Gasteiger charge is 2.24. The predicted octanol–water partition coefficient (Wildman–Crippen LogP) is 0.127. The Morgan fingerprint density at radius 2 is 2.31 bits per heavy atom. The predicted molar refractivity (Wildman–Crippen MR) is 62.2 cm³/mol. The van der Waals surface area contributed by atoms with Crippen molar-refractivity contribution in [3.8, 4) is 0 Å². The van der Waals surface area contributed by atoms with Crippen LogP contribution in [0.25, 0.3) is 0 Å². The lowest BCUT2D eigenvalue weighted by Gasteiger charge is -2.18. The van der Waals surface area contributed by atoms with E-state index in [9.17, 15) is 8.42 Å². The summed E-state index contributed by atoms with van der Waals surface area (Å²) in [5, 5.41) is 5.88. The molecule has 0 fully saturated rings. The molecule has 92 valence electrons. The standard InChI is InChI=1S/C9H18N4O2S/c1-3-9(4-10)16(14,15)13-7(2)8-5-11-12-6-8/h5-7,9,13H,3-4,10H2,1-2H3,(H,11,12). The van der Waals surface area contributed by atoms with Crippen LogP contribution >= 0.6 is 0 Å². The van der Waals surface area contributed by atoms with Crippen LogP contribution < -0.4 is 10.5 Å². The first kappa shape index (κ1) is 13.1. The fraction of sp³-hybridized carbons (Fsp3) is 0.667. The highest BCUT2D eigenvalue weighted by atomic mass is 32.2. The molecule has 0 spiro atoms. The third-order valence-corrected chi connectivity index (χ3v) is 4.60. The van der Waals surface area contributed by atoms with Crippen LogP contribution in [0.5, 0.6) is 0 Å². The van der Waals surface area contributed by atoms with Gasteiger partial charge in [-0.25, -0.2) is 13.1 Å². The molecule has 2 atom stereocenters. The number of rotatable bonds is 6. The molecule has 0 radical (unpaired) electrons. The summed E-state index contributed by atoms with van der Waals surface area (Å²) in [5.41, 5.74) is 6.23. The number of nitrogens with two attached hydrogens (primary N) is 1. The lowest BCUT2D eigenvalue weighted by molar-refractivity contribution is 0.547. The fourth-order valence-corrected chi connectivity index (χ4v) is 2.93. The van der Waals surface area contributed by atoms with Crippen molar-refractivity contribution in [1.82, 2.24) is 14.9 Å². The van der Waals surface area contributed by atoms with Gasteiger partial charge in [-0.15, -0.1) is 0 Å². The van der Waals surface area contributed by atoms with E-state index in [0.29, 0.717) is 6.42 Å². The van der Waals surface area contributed by atoms with Gasteiger partial charge in [-0.05, 0) is 13.3 Å². The minimum absolute atomic E-state index is 0.129. The van der Waals surface area contributed by atoms with E-state index in [1.807, 2.05) is 0 Å². The molecule has 2 unspecified atom stereocenters. The van der Waals surface area contributed by atoms with Gasteiger partial charge in [-0.2, -0.15) is 5.10 Å². The van der Waals surface area contributed by atoms with Crippen LogP contribution in [0.2, 0.25) is 0 Å². The molecule has 1 aromatic rings. The van der Waals surface area contributed by atoms with Gasteiger partial charge < -0.3 is 5.73 Å². The third kappa shape index (κ3) is 3.03. The quantitative estimate of drug-likeness (QED) is 0.664. The summed E-state index contributed by atoms with van der Waals surface area (Å²) in [7, 11) is -3.36. The Labute approximate surface area is 95.7 Å². The molecule has 0 saturated heterocycles. The Balaban J connectivity index is 2.73. The number of nitrogens with one attached hydrogen (secondary N) is 2. The zero-order valence-corrected chi connectivity index (χ0v) is 10.3. The summed E-state index contributed by atoms with van der Waals surface area (Å²) >= 11 is 0. The second kappa shape index (κ2) is 5.42. The van der Waals surface area contributed by atoms with Gasteiger partial charge in [0.15, 0.2) is 0 Å². The molecule has 0 aromatic carbocycles. The molecule has 4 N–H and O–H groups in total. The van der Waals surface area contributed by atoms with E-state index in [1.54, 1.807) is 26.2 Å². The molecule has 7 heteroatoms. The number of nitrogens with zero attached hydrogens (tertiary/aromatic N) is 1. The zero-order valence-electron chi connectivity index (χ0n) is 9.47. The molecule has 1 heterocycles. The maximum Gasteiger partial charge on any atom is 0.216 e. The average molecular weight is 246 g/mol. The Bertz CT molecular complexity index is 397. The number of hydrogen-bond donors (Lipinski definition) is 3. The Morgan fingerprint density at radius 3 is 2.75 bits per heavy atom. The van der Waals surface area contributed by atoms with E-state index >= 15 is 0 Å². The lowest BCUT2D eigenvalue weighted by Crippen LogP contribution is -2.39. The Morgan fingerprint density at radius 1 is 1.62 bits per heavy atom. The first-order valence-electron chi connectivity index (χ1n) is 5.21. The molecular formula is C9H18N4O2S. The van der Waals surface area contributed by atoms with Crippen molar-refractivity contribution in [2.24, 2.45) is 5.73 Å². The minimum atomic E-state index is -3.36. The van der Waals surface area contributed by atoms with Crippen molar-refractivity contribution in [2.45, 2.75) is 31.6 Å². The topological polar surface area (TPSA) is 101 Å². The van der Waals surface area contributed by atoms with Gasteiger partial charge in [0.25, 0.3) is 0 Å². The van der Waals surface area contributed by atoms with Gasteiger partial charge in [-0.1, -0.05) is 6.92 Å². The maximum atomic E-state index is 11.9. The highest BCUT2D eigenvalue weighted by Crippen LogP contribution is 2.13. The second-order valence-electron chi connectivity index (χ2n) is 3.68. The van der Waals surface area contributed by atoms with E-state index in [0.717, 1.165) is 5.56 Å². The van der Waals surface area contributed by atoms with Crippen LogP contribution in [0.4, 0.5) is 0 Å². The minimum Gasteiger partial charge on any atom is -0.329 e. The molecule has 0 bridgehead atoms. The Kier molecular flexibility index (Phi) is 4.45. The normalized spacial score (nSPS) is 15.9. The van der Waals surface area contributed by atoms with Crippen molar-refractivity contribution in [1.29, 1.82) is 0 Å². The Hall–Kier alpha value is -0.920. The summed E-state index contributed by atoms with van der Waals surface area (Å²) in [6.07, 6.45) is 3.76. The zero-order chi connectivity index (χ0) is 12.2. The molecule has 16 heavy (non-hydrogen) atoms. The number of hydrogen-bond acceptors (Lipinski definition) is 4. The van der Waals surface area contributed by atoms with Gasteiger partial charge >= 0.3 is 0 Å². The molecule has 0 amide bonds. The van der Waals surface area contributed by atoms with Gasteiger partial charge in [0.1, 0.15) is 0 Å². The van der Waals surface area contributed by atoms with Crippen LogP contribution in [0.15, 0.2) is 12.4 Å². The van der Waals surface area contributed by atoms with E-state index in [-0.39, 0.29) is 12.6 Å². The van der Waals surface area contributed by atoms with E-state index in [2.05, 4.69) is 14.9 Å². The number of sulfonamides is 1. The highest BCUT2D eigenvalue weighted by molar-refractivity contribution is 7.90. The summed E-state index contributed by atoms with van der Waals surface area (Å²) in [5.74, 6) is 0. The third-order valence-electron chi connectivity index (χ3n) is 2.52.